The predicted molar refractivity (Wildman–Crippen MR) is 94.0 cm³/mol. The molecule has 2 aromatic rings. The van der Waals surface area contributed by atoms with Gasteiger partial charge in [-0.3, -0.25) is 19.0 Å². The zero-order chi connectivity index (χ0) is 18.1. The van der Waals surface area contributed by atoms with Crippen molar-refractivity contribution in [2.45, 2.75) is 33.1 Å². The van der Waals surface area contributed by atoms with Crippen LogP contribution in [0.1, 0.15) is 30.7 Å². The van der Waals surface area contributed by atoms with Gasteiger partial charge in [0.05, 0.1) is 0 Å². The lowest BCUT2D eigenvalue weighted by atomic mass is 9.94. The maximum absolute atomic E-state index is 12.6. The number of aromatic nitrogens is 4. The second kappa shape index (κ2) is 6.70. The molecule has 25 heavy (non-hydrogen) atoms. The molecule has 2 atom stereocenters. The van der Waals surface area contributed by atoms with Gasteiger partial charge in [0.15, 0.2) is 11.6 Å². The maximum Gasteiger partial charge on any atom is 0.229 e. The van der Waals surface area contributed by atoms with Gasteiger partial charge in [-0.05, 0) is 26.7 Å². The first kappa shape index (κ1) is 17.2. The summed E-state index contributed by atoms with van der Waals surface area (Å²) >= 11 is 0. The molecule has 1 saturated carbocycles. The van der Waals surface area contributed by atoms with Gasteiger partial charge in [0.25, 0.3) is 0 Å². The third-order valence-electron chi connectivity index (χ3n) is 4.92. The Morgan fingerprint density at radius 1 is 0.920 bits per heavy atom. The minimum absolute atomic E-state index is 0.145. The number of amides is 2. The lowest BCUT2D eigenvalue weighted by Crippen LogP contribution is -2.33. The van der Waals surface area contributed by atoms with Gasteiger partial charge in [-0.25, -0.2) is 0 Å². The van der Waals surface area contributed by atoms with Crippen LogP contribution in [0.5, 0.6) is 0 Å². The summed E-state index contributed by atoms with van der Waals surface area (Å²) in [5.74, 6) is 0.0768. The highest BCUT2D eigenvalue weighted by Gasteiger charge is 2.38. The number of rotatable bonds is 4. The Hall–Kier alpha value is -2.64. The average Bonchev–Trinajstić information content (AvgIpc) is 3.21. The number of anilines is 2. The lowest BCUT2D eigenvalue weighted by molar-refractivity contribution is -0.128. The number of hydrogen-bond acceptors (Lipinski definition) is 4. The molecule has 2 heterocycles. The molecule has 0 aliphatic heterocycles. The summed E-state index contributed by atoms with van der Waals surface area (Å²) in [6, 6.07) is 3.64. The highest BCUT2D eigenvalue weighted by molar-refractivity contribution is 5.99. The highest BCUT2D eigenvalue weighted by Crippen LogP contribution is 2.33. The van der Waals surface area contributed by atoms with Crippen LogP contribution in [0.2, 0.25) is 0 Å². The Morgan fingerprint density at radius 2 is 1.32 bits per heavy atom. The molecule has 2 aromatic heterocycles. The van der Waals surface area contributed by atoms with Gasteiger partial charge in [-0.2, -0.15) is 10.2 Å². The maximum atomic E-state index is 12.6. The highest BCUT2D eigenvalue weighted by atomic mass is 16.2. The van der Waals surface area contributed by atoms with Crippen LogP contribution in [0, 0.1) is 25.7 Å². The van der Waals surface area contributed by atoms with Crippen molar-refractivity contribution < 1.29 is 9.59 Å². The smallest absolute Gasteiger partial charge is 0.229 e. The molecular weight excluding hydrogens is 320 g/mol. The van der Waals surface area contributed by atoms with E-state index in [9.17, 15) is 9.59 Å². The fraction of sp³-hybridized carbons (Fsp3) is 0.529. The molecule has 8 heteroatoms. The molecule has 1 aliphatic carbocycles. The second-order valence-corrected chi connectivity index (χ2v) is 6.71. The molecule has 2 amide bonds. The van der Waals surface area contributed by atoms with Crippen LogP contribution in [-0.2, 0) is 23.7 Å². The van der Waals surface area contributed by atoms with E-state index in [-0.39, 0.29) is 23.7 Å². The molecule has 1 aliphatic rings. The zero-order valence-electron chi connectivity index (χ0n) is 15.0. The third-order valence-corrected chi connectivity index (χ3v) is 4.92. The molecule has 3 rings (SSSR count). The molecule has 0 radical (unpaired) electrons. The molecule has 0 spiro atoms. The molecule has 8 nitrogen and oxygen atoms in total. The van der Waals surface area contributed by atoms with Crippen LogP contribution in [-0.4, -0.2) is 31.4 Å². The van der Waals surface area contributed by atoms with Gasteiger partial charge in [0.2, 0.25) is 11.8 Å². The monoisotopic (exact) mass is 344 g/mol. The molecule has 2 N–H and O–H groups in total. The van der Waals surface area contributed by atoms with Crippen molar-refractivity contribution in [1.29, 1.82) is 0 Å². The van der Waals surface area contributed by atoms with Gasteiger partial charge in [0, 0.05) is 49.5 Å². The SMILES string of the molecule is Cc1cc(NC(=O)[C@H]2CCC[C@@H]2C(=O)Nc2cc(C)n(C)n2)nn1C. The van der Waals surface area contributed by atoms with Gasteiger partial charge < -0.3 is 10.6 Å². The predicted octanol–water partition coefficient (Wildman–Crippen LogP) is 1.76. The quantitative estimate of drug-likeness (QED) is 0.884. The first-order valence-electron chi connectivity index (χ1n) is 8.48. The summed E-state index contributed by atoms with van der Waals surface area (Å²) in [5, 5.41) is 14.2. The minimum Gasteiger partial charge on any atom is -0.309 e. The molecular formula is C17H24N6O2. The van der Waals surface area contributed by atoms with Crippen LogP contribution in [0.15, 0.2) is 12.1 Å². The summed E-state index contributed by atoms with van der Waals surface area (Å²) in [5.41, 5.74) is 1.92. The Labute approximate surface area is 146 Å². The van der Waals surface area contributed by atoms with Crippen LogP contribution >= 0.6 is 0 Å². The summed E-state index contributed by atoms with van der Waals surface area (Å²) in [6.45, 7) is 3.84. The molecule has 0 unspecified atom stereocenters. The number of nitrogens with one attached hydrogen (secondary N) is 2. The fourth-order valence-corrected chi connectivity index (χ4v) is 3.27. The van der Waals surface area contributed by atoms with Crippen LogP contribution in [0.25, 0.3) is 0 Å². The first-order chi connectivity index (χ1) is 11.8. The zero-order valence-corrected chi connectivity index (χ0v) is 15.0. The molecule has 0 bridgehead atoms. The summed E-state index contributed by atoms with van der Waals surface area (Å²) < 4.78 is 3.41. The fourth-order valence-electron chi connectivity index (χ4n) is 3.27. The second-order valence-electron chi connectivity index (χ2n) is 6.71. The van der Waals surface area contributed by atoms with Crippen molar-refractivity contribution in [3.8, 4) is 0 Å². The lowest BCUT2D eigenvalue weighted by Gasteiger charge is -2.17. The Kier molecular flexibility index (Phi) is 4.61. The normalized spacial score (nSPS) is 19.8. The summed E-state index contributed by atoms with van der Waals surface area (Å²) in [4.78, 5) is 25.2. The number of carbonyl (C=O) groups excluding carboxylic acids is 2. The Balaban J connectivity index is 1.66. The Morgan fingerprint density at radius 3 is 1.64 bits per heavy atom. The average molecular weight is 344 g/mol. The number of nitrogens with zero attached hydrogens (tertiary/aromatic N) is 4. The number of hydrogen-bond donors (Lipinski definition) is 2. The standard InChI is InChI=1S/C17H24N6O2/c1-10-8-14(20-22(10)3)18-16(24)12-6-5-7-13(12)17(25)19-15-9-11(2)23(4)21-15/h8-9,12-13H,5-7H2,1-4H3,(H,18,20,24)(H,19,21,25)/t12-,13-/m0/s1. The van der Waals surface area contributed by atoms with E-state index in [1.165, 1.54) is 0 Å². The van der Waals surface area contributed by atoms with Crippen LogP contribution in [0.3, 0.4) is 0 Å². The topological polar surface area (TPSA) is 93.8 Å². The van der Waals surface area contributed by atoms with E-state index in [2.05, 4.69) is 20.8 Å². The van der Waals surface area contributed by atoms with E-state index in [4.69, 9.17) is 0 Å². The van der Waals surface area contributed by atoms with Gasteiger partial charge >= 0.3 is 0 Å². The van der Waals surface area contributed by atoms with Crippen molar-refractivity contribution >= 4 is 23.5 Å². The molecule has 1 fully saturated rings. The minimum atomic E-state index is -0.341. The molecule has 0 saturated heterocycles. The first-order valence-corrected chi connectivity index (χ1v) is 8.48. The van der Waals surface area contributed by atoms with Gasteiger partial charge in [0.1, 0.15) is 0 Å². The Bertz CT molecular complexity index is 701. The summed E-state index contributed by atoms with van der Waals surface area (Å²) in [6.07, 6.45) is 2.27. The largest absolute Gasteiger partial charge is 0.309 e. The van der Waals surface area contributed by atoms with Gasteiger partial charge in [-0.15, -0.1) is 0 Å². The van der Waals surface area contributed by atoms with Crippen molar-refractivity contribution in [1.82, 2.24) is 19.6 Å². The third kappa shape index (κ3) is 3.57. The van der Waals surface area contributed by atoms with Crippen molar-refractivity contribution in [2.75, 3.05) is 10.6 Å². The van der Waals surface area contributed by atoms with Crippen molar-refractivity contribution in [3.05, 3.63) is 23.5 Å². The van der Waals surface area contributed by atoms with Crippen LogP contribution < -0.4 is 10.6 Å². The van der Waals surface area contributed by atoms with Gasteiger partial charge in [-0.1, -0.05) is 6.42 Å². The van der Waals surface area contributed by atoms with Crippen molar-refractivity contribution in [2.24, 2.45) is 25.9 Å². The van der Waals surface area contributed by atoms with Crippen molar-refractivity contribution in [3.63, 3.8) is 0 Å². The van der Waals surface area contributed by atoms with E-state index in [1.54, 1.807) is 9.36 Å². The van der Waals surface area contributed by atoms with E-state index in [1.807, 2.05) is 40.1 Å². The molecule has 134 valence electrons. The van der Waals surface area contributed by atoms with E-state index in [0.717, 1.165) is 17.8 Å². The van der Waals surface area contributed by atoms with E-state index in [0.29, 0.717) is 24.5 Å². The summed E-state index contributed by atoms with van der Waals surface area (Å²) in [7, 11) is 3.65. The number of carbonyl (C=O) groups is 2. The number of aryl methyl sites for hydroxylation is 4. The van der Waals surface area contributed by atoms with E-state index >= 15 is 0 Å². The molecule has 0 aromatic carbocycles. The van der Waals surface area contributed by atoms with Crippen LogP contribution in [0.4, 0.5) is 11.6 Å². The van der Waals surface area contributed by atoms with E-state index < -0.39 is 0 Å².